The van der Waals surface area contributed by atoms with Gasteiger partial charge in [0, 0.05) is 20.8 Å². The molecule has 0 spiro atoms. The van der Waals surface area contributed by atoms with E-state index in [1.807, 2.05) is 0 Å². The van der Waals surface area contributed by atoms with Gasteiger partial charge in [-0.2, -0.15) is 0 Å². The molecular formula is C17H20O9S. The lowest BCUT2D eigenvalue weighted by molar-refractivity contribution is -0.245. The Hall–Kier alpha value is -2.46. The number of rotatable bonds is 7. The van der Waals surface area contributed by atoms with Crippen LogP contribution in [0, 0.1) is 0 Å². The number of aldehydes is 1. The highest BCUT2D eigenvalue weighted by molar-refractivity contribution is 7.12. The highest BCUT2D eigenvalue weighted by Crippen LogP contribution is 2.30. The second-order valence-electron chi connectivity index (χ2n) is 5.75. The molecule has 4 unspecified atom stereocenters. The van der Waals surface area contributed by atoms with E-state index in [1.54, 1.807) is 11.4 Å². The second-order valence-corrected chi connectivity index (χ2v) is 6.70. The van der Waals surface area contributed by atoms with Crippen LogP contribution in [0.15, 0.2) is 11.4 Å². The highest BCUT2D eigenvalue weighted by Gasteiger charge is 2.44. The fourth-order valence-electron chi connectivity index (χ4n) is 2.61. The number of carbonyl (C=O) groups is 4. The molecule has 0 radical (unpaired) electrons. The molecule has 10 heteroatoms. The molecule has 0 N–H and O–H groups in total. The molecule has 2 rings (SSSR count). The lowest BCUT2D eigenvalue weighted by Gasteiger charge is -2.39. The SMILES string of the molecule is CC(=O)OCC1OC(Oc2ccsc2C=O)CC(OC(C)=O)C1OC(C)=O. The van der Waals surface area contributed by atoms with Crippen molar-refractivity contribution in [3.05, 3.63) is 16.3 Å². The smallest absolute Gasteiger partial charge is 0.303 e. The fourth-order valence-corrected chi connectivity index (χ4v) is 3.23. The summed E-state index contributed by atoms with van der Waals surface area (Å²) in [6.45, 7) is 3.43. The first-order valence-corrected chi connectivity index (χ1v) is 9.00. The van der Waals surface area contributed by atoms with E-state index in [4.69, 9.17) is 23.7 Å². The first kappa shape index (κ1) is 20.8. The number of esters is 3. The maximum atomic E-state index is 11.5. The molecule has 0 aliphatic carbocycles. The Morgan fingerprint density at radius 3 is 2.48 bits per heavy atom. The van der Waals surface area contributed by atoms with Crippen molar-refractivity contribution < 1.29 is 42.9 Å². The van der Waals surface area contributed by atoms with Crippen molar-refractivity contribution in [3.8, 4) is 5.75 Å². The van der Waals surface area contributed by atoms with Gasteiger partial charge in [-0.3, -0.25) is 19.2 Å². The minimum absolute atomic E-state index is 0.0578. The first-order valence-electron chi connectivity index (χ1n) is 8.12. The van der Waals surface area contributed by atoms with Gasteiger partial charge in [-0.25, -0.2) is 0 Å². The summed E-state index contributed by atoms with van der Waals surface area (Å²) in [5.74, 6) is -1.41. The predicted molar refractivity (Wildman–Crippen MR) is 91.4 cm³/mol. The summed E-state index contributed by atoms with van der Waals surface area (Å²) >= 11 is 1.20. The van der Waals surface area contributed by atoms with Crippen molar-refractivity contribution in [3.63, 3.8) is 0 Å². The number of ether oxygens (including phenoxy) is 5. The summed E-state index contributed by atoms with van der Waals surface area (Å²) in [6.07, 6.45) is -2.95. The molecule has 27 heavy (non-hydrogen) atoms. The Morgan fingerprint density at radius 2 is 1.89 bits per heavy atom. The Labute approximate surface area is 159 Å². The molecule has 1 aromatic rings. The number of carbonyl (C=O) groups excluding carboxylic acids is 4. The molecule has 4 atom stereocenters. The minimum atomic E-state index is -0.974. The van der Waals surface area contributed by atoms with E-state index in [2.05, 4.69) is 0 Å². The van der Waals surface area contributed by atoms with Crippen LogP contribution in [0.2, 0.25) is 0 Å². The van der Waals surface area contributed by atoms with E-state index < -0.39 is 42.5 Å². The van der Waals surface area contributed by atoms with Crippen molar-refractivity contribution >= 4 is 35.5 Å². The van der Waals surface area contributed by atoms with Crippen molar-refractivity contribution in [2.24, 2.45) is 0 Å². The average molecular weight is 400 g/mol. The minimum Gasteiger partial charge on any atom is -0.463 e. The van der Waals surface area contributed by atoms with Gasteiger partial charge in [0.1, 0.15) is 29.4 Å². The van der Waals surface area contributed by atoms with Crippen molar-refractivity contribution in [1.82, 2.24) is 0 Å². The zero-order valence-electron chi connectivity index (χ0n) is 15.0. The maximum absolute atomic E-state index is 11.5. The summed E-state index contributed by atoms with van der Waals surface area (Å²) in [7, 11) is 0. The van der Waals surface area contributed by atoms with Gasteiger partial charge in [-0.05, 0) is 11.4 Å². The summed E-state index contributed by atoms with van der Waals surface area (Å²) in [4.78, 5) is 45.5. The predicted octanol–water partition coefficient (Wildman–Crippen LogP) is 1.48. The summed E-state index contributed by atoms with van der Waals surface area (Å²) < 4.78 is 26.9. The van der Waals surface area contributed by atoms with Crippen LogP contribution in [0.4, 0.5) is 0 Å². The van der Waals surface area contributed by atoms with Crippen LogP contribution in [0.25, 0.3) is 0 Å². The third-order valence-electron chi connectivity index (χ3n) is 3.58. The Balaban J connectivity index is 2.22. The van der Waals surface area contributed by atoms with Gasteiger partial charge >= 0.3 is 17.9 Å². The average Bonchev–Trinajstić information content (AvgIpc) is 3.01. The van der Waals surface area contributed by atoms with Crippen molar-refractivity contribution in [2.75, 3.05) is 6.61 Å². The third-order valence-corrected chi connectivity index (χ3v) is 4.40. The van der Waals surface area contributed by atoms with E-state index in [9.17, 15) is 19.2 Å². The molecule has 148 valence electrons. The van der Waals surface area contributed by atoms with Crippen LogP contribution in [0.5, 0.6) is 5.75 Å². The van der Waals surface area contributed by atoms with E-state index in [0.717, 1.165) is 0 Å². The standard InChI is InChI=1S/C17H20O9S/c1-9(19)22-8-14-17(24-11(3)21)13(23-10(2)20)6-16(26-14)25-12-4-5-27-15(12)7-18/h4-5,7,13-14,16-17H,6,8H2,1-3H3. The van der Waals surface area contributed by atoms with E-state index in [0.29, 0.717) is 16.9 Å². The molecular weight excluding hydrogens is 380 g/mol. The largest absolute Gasteiger partial charge is 0.463 e. The van der Waals surface area contributed by atoms with Crippen molar-refractivity contribution in [2.45, 2.75) is 51.8 Å². The molecule has 1 fully saturated rings. The van der Waals surface area contributed by atoms with Crippen LogP contribution < -0.4 is 4.74 Å². The summed E-state index contributed by atoms with van der Waals surface area (Å²) in [6, 6.07) is 1.61. The van der Waals surface area contributed by atoms with Crippen molar-refractivity contribution in [1.29, 1.82) is 0 Å². The van der Waals surface area contributed by atoms with E-state index >= 15 is 0 Å². The quantitative estimate of drug-likeness (QED) is 0.381. The monoisotopic (exact) mass is 400 g/mol. The highest BCUT2D eigenvalue weighted by atomic mass is 32.1. The van der Waals surface area contributed by atoms with Crippen LogP contribution in [-0.2, 0) is 33.3 Å². The lowest BCUT2D eigenvalue weighted by Crippen LogP contribution is -2.54. The van der Waals surface area contributed by atoms with Crippen LogP contribution in [0.1, 0.15) is 36.9 Å². The normalized spacial score (nSPS) is 24.6. The van der Waals surface area contributed by atoms with Gasteiger partial charge in [-0.15, -0.1) is 11.3 Å². The fraction of sp³-hybridized carbons (Fsp3) is 0.529. The third kappa shape index (κ3) is 6.04. The van der Waals surface area contributed by atoms with Crippen LogP contribution in [-0.4, -0.2) is 55.4 Å². The van der Waals surface area contributed by atoms with Gasteiger partial charge in [-0.1, -0.05) is 0 Å². The first-order chi connectivity index (χ1) is 12.8. The summed E-state index contributed by atoms with van der Waals surface area (Å²) in [5.41, 5.74) is 0. The molecule has 1 aromatic heterocycles. The van der Waals surface area contributed by atoms with Gasteiger partial charge in [0.05, 0.1) is 6.42 Å². The Morgan fingerprint density at radius 1 is 1.19 bits per heavy atom. The van der Waals surface area contributed by atoms with Crippen LogP contribution >= 0.6 is 11.3 Å². The zero-order chi connectivity index (χ0) is 20.0. The molecule has 0 saturated carbocycles. The molecule has 1 aliphatic heterocycles. The number of thiophene rings is 1. The maximum Gasteiger partial charge on any atom is 0.303 e. The topological polar surface area (TPSA) is 114 Å². The molecule has 0 bridgehead atoms. The van der Waals surface area contributed by atoms with E-state index in [-0.39, 0.29) is 13.0 Å². The van der Waals surface area contributed by atoms with Gasteiger partial charge in [0.25, 0.3) is 0 Å². The lowest BCUT2D eigenvalue weighted by atomic mass is 10.0. The number of hydrogen-bond acceptors (Lipinski definition) is 10. The molecule has 0 aromatic carbocycles. The molecule has 1 aliphatic rings. The Bertz CT molecular complexity index is 698. The summed E-state index contributed by atoms with van der Waals surface area (Å²) in [5, 5.41) is 1.68. The number of hydrogen-bond donors (Lipinski definition) is 0. The molecule has 1 saturated heterocycles. The zero-order valence-corrected chi connectivity index (χ0v) is 15.9. The van der Waals surface area contributed by atoms with Gasteiger partial charge < -0.3 is 23.7 Å². The van der Waals surface area contributed by atoms with Gasteiger partial charge in [0.15, 0.2) is 12.4 Å². The van der Waals surface area contributed by atoms with Crippen LogP contribution in [0.3, 0.4) is 0 Å². The molecule has 0 amide bonds. The second kappa shape index (κ2) is 9.47. The molecule has 2 heterocycles. The van der Waals surface area contributed by atoms with Gasteiger partial charge in [0.2, 0.25) is 6.29 Å². The Kier molecular flexibility index (Phi) is 7.31. The molecule has 9 nitrogen and oxygen atoms in total. The van der Waals surface area contributed by atoms with E-state index in [1.165, 1.54) is 32.1 Å².